The fourth-order valence-corrected chi connectivity index (χ4v) is 3.79. The Hall–Kier alpha value is -0.540. The first kappa shape index (κ1) is 16.8. The Morgan fingerprint density at radius 3 is 2.71 bits per heavy atom. The average Bonchev–Trinajstić information content (AvgIpc) is 2.51. The standard InChI is InChI=1S/C18H28BrNO/c1-3-21-18-12-10-15(19)13-16(18)17(20-2)11-9-14-7-5-4-6-8-14/h10,12-14,17,20H,3-9,11H2,1-2H3. The smallest absolute Gasteiger partial charge is 0.124 e. The lowest BCUT2D eigenvalue weighted by Gasteiger charge is -2.25. The molecule has 0 aromatic heterocycles. The van der Waals surface area contributed by atoms with Crippen LogP contribution in [0, 0.1) is 5.92 Å². The minimum absolute atomic E-state index is 0.381. The molecule has 0 spiro atoms. The van der Waals surface area contributed by atoms with Gasteiger partial charge in [-0.3, -0.25) is 0 Å². The molecule has 2 rings (SSSR count). The van der Waals surface area contributed by atoms with Crippen LogP contribution in [0.4, 0.5) is 0 Å². The first-order valence-electron chi connectivity index (χ1n) is 8.34. The Morgan fingerprint density at radius 1 is 1.29 bits per heavy atom. The topological polar surface area (TPSA) is 21.3 Å². The highest BCUT2D eigenvalue weighted by Gasteiger charge is 2.19. The van der Waals surface area contributed by atoms with Crippen LogP contribution in [0.15, 0.2) is 22.7 Å². The molecule has 0 radical (unpaired) electrons. The van der Waals surface area contributed by atoms with Gasteiger partial charge in [0.15, 0.2) is 0 Å². The molecule has 21 heavy (non-hydrogen) atoms. The zero-order valence-electron chi connectivity index (χ0n) is 13.3. The van der Waals surface area contributed by atoms with Crippen LogP contribution in [0.2, 0.25) is 0 Å². The quantitative estimate of drug-likeness (QED) is 0.701. The third kappa shape index (κ3) is 5.00. The van der Waals surface area contributed by atoms with E-state index in [4.69, 9.17) is 4.74 Å². The van der Waals surface area contributed by atoms with E-state index in [0.717, 1.165) is 16.1 Å². The van der Waals surface area contributed by atoms with Crippen LogP contribution < -0.4 is 10.1 Å². The summed E-state index contributed by atoms with van der Waals surface area (Å²) in [6.45, 7) is 2.76. The fourth-order valence-electron chi connectivity index (χ4n) is 3.41. The second kappa shape index (κ2) is 8.79. The van der Waals surface area contributed by atoms with Crippen molar-refractivity contribution in [3.05, 3.63) is 28.2 Å². The molecule has 118 valence electrons. The van der Waals surface area contributed by atoms with Crippen LogP contribution in [0.5, 0.6) is 5.75 Å². The number of hydrogen-bond acceptors (Lipinski definition) is 2. The van der Waals surface area contributed by atoms with Crippen molar-refractivity contribution in [2.75, 3.05) is 13.7 Å². The number of nitrogens with one attached hydrogen (secondary N) is 1. The highest BCUT2D eigenvalue weighted by molar-refractivity contribution is 9.10. The average molecular weight is 354 g/mol. The van der Waals surface area contributed by atoms with Gasteiger partial charge in [0, 0.05) is 16.1 Å². The second-order valence-electron chi connectivity index (χ2n) is 6.04. The molecule has 1 saturated carbocycles. The van der Waals surface area contributed by atoms with Gasteiger partial charge in [-0.2, -0.15) is 0 Å². The van der Waals surface area contributed by atoms with Gasteiger partial charge in [0.2, 0.25) is 0 Å². The summed E-state index contributed by atoms with van der Waals surface area (Å²) in [5.74, 6) is 1.95. The number of rotatable bonds is 7. The Morgan fingerprint density at radius 2 is 2.05 bits per heavy atom. The summed E-state index contributed by atoms with van der Waals surface area (Å²) in [4.78, 5) is 0. The third-order valence-corrected chi connectivity index (χ3v) is 5.08. The van der Waals surface area contributed by atoms with Gasteiger partial charge in [0.1, 0.15) is 5.75 Å². The molecule has 1 atom stereocenters. The molecule has 0 bridgehead atoms. The van der Waals surface area contributed by atoms with Crippen molar-refractivity contribution >= 4 is 15.9 Å². The molecule has 1 aliphatic carbocycles. The summed E-state index contributed by atoms with van der Waals surface area (Å²) in [5.41, 5.74) is 1.28. The van der Waals surface area contributed by atoms with E-state index in [0.29, 0.717) is 12.6 Å². The molecular formula is C18H28BrNO. The van der Waals surface area contributed by atoms with Crippen molar-refractivity contribution in [1.29, 1.82) is 0 Å². The number of hydrogen-bond donors (Lipinski definition) is 1. The van der Waals surface area contributed by atoms with E-state index < -0.39 is 0 Å². The van der Waals surface area contributed by atoms with Gasteiger partial charge in [0.05, 0.1) is 6.61 Å². The lowest BCUT2D eigenvalue weighted by atomic mass is 9.84. The molecule has 0 aliphatic heterocycles. The summed E-state index contributed by atoms with van der Waals surface area (Å²) < 4.78 is 6.93. The van der Waals surface area contributed by atoms with Crippen LogP contribution in [-0.4, -0.2) is 13.7 Å². The summed E-state index contributed by atoms with van der Waals surface area (Å²) in [7, 11) is 2.06. The molecule has 1 N–H and O–H groups in total. The van der Waals surface area contributed by atoms with Gasteiger partial charge in [-0.05, 0) is 50.9 Å². The van der Waals surface area contributed by atoms with Gasteiger partial charge < -0.3 is 10.1 Å². The zero-order valence-corrected chi connectivity index (χ0v) is 14.9. The van der Waals surface area contributed by atoms with Crippen molar-refractivity contribution in [2.45, 2.75) is 57.9 Å². The van der Waals surface area contributed by atoms with Crippen LogP contribution >= 0.6 is 15.9 Å². The van der Waals surface area contributed by atoms with Gasteiger partial charge in [0.25, 0.3) is 0 Å². The van der Waals surface area contributed by atoms with Gasteiger partial charge >= 0.3 is 0 Å². The zero-order chi connectivity index (χ0) is 15.1. The van der Waals surface area contributed by atoms with Crippen molar-refractivity contribution in [2.24, 2.45) is 5.92 Å². The Kier molecular flexibility index (Phi) is 7.05. The summed E-state index contributed by atoms with van der Waals surface area (Å²) in [6, 6.07) is 6.72. The molecule has 1 aromatic rings. The Balaban J connectivity index is 2.03. The van der Waals surface area contributed by atoms with E-state index in [2.05, 4.69) is 46.5 Å². The van der Waals surface area contributed by atoms with Gasteiger partial charge in [-0.15, -0.1) is 0 Å². The fraction of sp³-hybridized carbons (Fsp3) is 0.667. The molecule has 1 aromatic carbocycles. The molecule has 2 nitrogen and oxygen atoms in total. The van der Waals surface area contributed by atoms with Crippen molar-refractivity contribution < 1.29 is 4.74 Å². The van der Waals surface area contributed by atoms with E-state index in [1.807, 2.05) is 6.92 Å². The predicted octanol–water partition coefficient (Wildman–Crippen LogP) is 5.47. The van der Waals surface area contributed by atoms with E-state index in [1.165, 1.54) is 50.5 Å². The van der Waals surface area contributed by atoms with Crippen molar-refractivity contribution in [1.82, 2.24) is 5.32 Å². The molecule has 0 saturated heterocycles. The van der Waals surface area contributed by atoms with Crippen LogP contribution in [0.25, 0.3) is 0 Å². The number of benzene rings is 1. The Labute approximate surface area is 137 Å². The molecule has 3 heteroatoms. The van der Waals surface area contributed by atoms with E-state index >= 15 is 0 Å². The van der Waals surface area contributed by atoms with Crippen LogP contribution in [0.3, 0.4) is 0 Å². The summed E-state index contributed by atoms with van der Waals surface area (Å²) in [6.07, 6.45) is 9.65. The third-order valence-electron chi connectivity index (χ3n) is 4.58. The first-order chi connectivity index (χ1) is 10.2. The largest absolute Gasteiger partial charge is 0.494 e. The van der Waals surface area contributed by atoms with Crippen LogP contribution in [-0.2, 0) is 0 Å². The van der Waals surface area contributed by atoms with Gasteiger partial charge in [-0.25, -0.2) is 0 Å². The summed E-state index contributed by atoms with van der Waals surface area (Å²) in [5, 5.41) is 3.48. The monoisotopic (exact) mass is 353 g/mol. The van der Waals surface area contributed by atoms with E-state index in [-0.39, 0.29) is 0 Å². The van der Waals surface area contributed by atoms with E-state index in [1.54, 1.807) is 0 Å². The first-order valence-corrected chi connectivity index (χ1v) is 9.13. The minimum atomic E-state index is 0.381. The van der Waals surface area contributed by atoms with Crippen LogP contribution in [0.1, 0.15) is 63.5 Å². The molecular weight excluding hydrogens is 326 g/mol. The summed E-state index contributed by atoms with van der Waals surface area (Å²) >= 11 is 3.59. The highest BCUT2D eigenvalue weighted by atomic mass is 79.9. The normalized spacial score (nSPS) is 17.7. The molecule has 0 amide bonds. The Bertz CT molecular complexity index is 429. The van der Waals surface area contributed by atoms with Crippen molar-refractivity contribution in [3.63, 3.8) is 0 Å². The highest BCUT2D eigenvalue weighted by Crippen LogP contribution is 2.34. The molecule has 1 aliphatic rings. The minimum Gasteiger partial charge on any atom is -0.494 e. The predicted molar refractivity (Wildman–Crippen MR) is 92.9 cm³/mol. The number of ether oxygens (including phenoxy) is 1. The van der Waals surface area contributed by atoms with Crippen molar-refractivity contribution in [3.8, 4) is 5.75 Å². The second-order valence-corrected chi connectivity index (χ2v) is 6.95. The number of halogens is 1. The lowest BCUT2D eigenvalue weighted by molar-refractivity contribution is 0.308. The molecule has 1 unspecified atom stereocenters. The van der Waals surface area contributed by atoms with Gasteiger partial charge in [-0.1, -0.05) is 48.0 Å². The molecule has 1 fully saturated rings. The lowest BCUT2D eigenvalue weighted by Crippen LogP contribution is -2.19. The van der Waals surface area contributed by atoms with E-state index in [9.17, 15) is 0 Å². The maximum atomic E-state index is 5.81. The maximum Gasteiger partial charge on any atom is 0.124 e. The molecule has 0 heterocycles. The SMILES string of the molecule is CCOc1ccc(Br)cc1C(CCC1CCCCC1)NC. The maximum absolute atomic E-state index is 5.81.